The van der Waals surface area contributed by atoms with Crippen LogP contribution in [0.2, 0.25) is 0 Å². The molecule has 1 saturated carbocycles. The molecule has 0 atom stereocenters. The Hall–Kier alpha value is -1.02. The molecule has 0 aromatic heterocycles. The molecule has 0 radical (unpaired) electrons. The molecule has 3 N–H and O–H groups in total. The van der Waals surface area contributed by atoms with Gasteiger partial charge >= 0.3 is 0 Å². The fourth-order valence-corrected chi connectivity index (χ4v) is 2.23. The first kappa shape index (κ1) is 9.53. The van der Waals surface area contributed by atoms with Crippen molar-refractivity contribution in [2.75, 3.05) is 0 Å². The lowest BCUT2D eigenvalue weighted by Crippen LogP contribution is -2.45. The molecule has 2 nitrogen and oxygen atoms in total. The lowest BCUT2D eigenvalue weighted by Gasteiger charge is -2.31. The summed E-state index contributed by atoms with van der Waals surface area (Å²) < 4.78 is 0. The van der Waals surface area contributed by atoms with Crippen molar-refractivity contribution in [3.05, 3.63) is 29.8 Å². The molecular weight excluding hydrogens is 174 g/mol. The first-order valence-electron chi connectivity index (χ1n) is 5.04. The van der Waals surface area contributed by atoms with Crippen molar-refractivity contribution >= 4 is 0 Å². The van der Waals surface area contributed by atoms with Gasteiger partial charge in [0.25, 0.3) is 0 Å². The zero-order valence-corrected chi connectivity index (χ0v) is 8.75. The van der Waals surface area contributed by atoms with Crippen LogP contribution >= 0.6 is 0 Å². The molecule has 1 aromatic carbocycles. The minimum Gasteiger partial charge on any atom is -0.508 e. The second-order valence-corrected chi connectivity index (χ2v) is 4.85. The van der Waals surface area contributed by atoms with Gasteiger partial charge in [0.05, 0.1) is 0 Å². The van der Waals surface area contributed by atoms with Gasteiger partial charge in [-0.15, -0.1) is 0 Å². The van der Waals surface area contributed by atoms with E-state index in [2.05, 4.69) is 19.9 Å². The largest absolute Gasteiger partial charge is 0.508 e. The van der Waals surface area contributed by atoms with Crippen LogP contribution in [0, 0.1) is 0 Å². The predicted octanol–water partition coefficient (Wildman–Crippen LogP) is 2.16. The molecule has 76 valence electrons. The molecule has 0 spiro atoms. The van der Waals surface area contributed by atoms with Gasteiger partial charge in [-0.3, -0.25) is 0 Å². The van der Waals surface area contributed by atoms with Crippen LogP contribution in [0.15, 0.2) is 24.3 Å². The molecule has 0 amide bonds. The highest BCUT2D eigenvalue weighted by atomic mass is 16.3. The summed E-state index contributed by atoms with van der Waals surface area (Å²) in [4.78, 5) is 0. The summed E-state index contributed by atoms with van der Waals surface area (Å²) in [5, 5.41) is 9.43. The SMILES string of the molecule is CC(C)(N)C1(c2cccc(O)c2)CC1. The summed E-state index contributed by atoms with van der Waals surface area (Å²) in [6, 6.07) is 7.47. The number of phenols is 1. The van der Waals surface area contributed by atoms with Crippen molar-refractivity contribution in [1.29, 1.82) is 0 Å². The first-order chi connectivity index (χ1) is 6.46. The van der Waals surface area contributed by atoms with E-state index in [4.69, 9.17) is 5.73 Å². The van der Waals surface area contributed by atoms with Gasteiger partial charge in [-0.2, -0.15) is 0 Å². The third kappa shape index (κ3) is 1.30. The van der Waals surface area contributed by atoms with E-state index in [0.717, 1.165) is 12.8 Å². The van der Waals surface area contributed by atoms with Crippen molar-refractivity contribution in [1.82, 2.24) is 0 Å². The number of aromatic hydroxyl groups is 1. The standard InChI is InChI=1S/C12H17NO/c1-11(2,13)12(6-7-12)9-4-3-5-10(14)8-9/h3-5,8,14H,6-7,13H2,1-2H3. The zero-order valence-electron chi connectivity index (χ0n) is 8.75. The second kappa shape index (κ2) is 2.74. The molecule has 0 heterocycles. The summed E-state index contributed by atoms with van der Waals surface area (Å²) in [5.74, 6) is 0.332. The Labute approximate surface area is 84.7 Å². The Morgan fingerprint density at radius 3 is 2.43 bits per heavy atom. The van der Waals surface area contributed by atoms with Crippen LogP contribution < -0.4 is 5.73 Å². The summed E-state index contributed by atoms with van der Waals surface area (Å²) in [6.45, 7) is 4.12. The highest BCUT2D eigenvalue weighted by molar-refractivity contribution is 5.40. The van der Waals surface area contributed by atoms with Gasteiger partial charge in [-0.05, 0) is 44.4 Å². The van der Waals surface area contributed by atoms with Crippen LogP contribution in [-0.4, -0.2) is 10.6 Å². The lowest BCUT2D eigenvalue weighted by atomic mass is 9.79. The molecule has 14 heavy (non-hydrogen) atoms. The van der Waals surface area contributed by atoms with Crippen molar-refractivity contribution in [3.63, 3.8) is 0 Å². The molecule has 2 heteroatoms. The van der Waals surface area contributed by atoms with Gasteiger partial charge in [-0.25, -0.2) is 0 Å². The monoisotopic (exact) mass is 191 g/mol. The summed E-state index contributed by atoms with van der Waals surface area (Å²) in [6.07, 6.45) is 2.25. The molecule has 0 saturated heterocycles. The van der Waals surface area contributed by atoms with E-state index in [1.165, 1.54) is 5.56 Å². The van der Waals surface area contributed by atoms with Crippen LogP contribution in [0.1, 0.15) is 32.3 Å². The quantitative estimate of drug-likeness (QED) is 0.752. The Morgan fingerprint density at radius 1 is 1.36 bits per heavy atom. The van der Waals surface area contributed by atoms with Crippen LogP contribution in [0.4, 0.5) is 0 Å². The lowest BCUT2D eigenvalue weighted by molar-refractivity contribution is 0.389. The molecule has 2 rings (SSSR count). The van der Waals surface area contributed by atoms with Crippen LogP contribution in [0.25, 0.3) is 0 Å². The number of nitrogens with two attached hydrogens (primary N) is 1. The van der Waals surface area contributed by atoms with Crippen molar-refractivity contribution < 1.29 is 5.11 Å². The average Bonchev–Trinajstić information content (AvgIpc) is 2.82. The summed E-state index contributed by atoms with van der Waals surface area (Å²) in [5.41, 5.74) is 7.23. The van der Waals surface area contributed by atoms with E-state index in [9.17, 15) is 5.11 Å². The fourth-order valence-electron chi connectivity index (χ4n) is 2.23. The Morgan fingerprint density at radius 2 is 2.00 bits per heavy atom. The van der Waals surface area contributed by atoms with Gasteiger partial charge in [0.15, 0.2) is 0 Å². The van der Waals surface area contributed by atoms with E-state index in [1.54, 1.807) is 6.07 Å². The molecule has 0 aliphatic heterocycles. The third-order valence-electron chi connectivity index (χ3n) is 3.38. The third-order valence-corrected chi connectivity index (χ3v) is 3.38. The molecular formula is C12H17NO. The van der Waals surface area contributed by atoms with E-state index < -0.39 is 0 Å². The molecule has 1 aromatic rings. The van der Waals surface area contributed by atoms with Crippen molar-refractivity contribution in [3.8, 4) is 5.75 Å². The topological polar surface area (TPSA) is 46.2 Å². The highest BCUT2D eigenvalue weighted by Crippen LogP contribution is 2.54. The van der Waals surface area contributed by atoms with Crippen LogP contribution in [0.5, 0.6) is 5.75 Å². The molecule has 0 bridgehead atoms. The molecule has 1 fully saturated rings. The summed E-state index contributed by atoms with van der Waals surface area (Å²) >= 11 is 0. The van der Waals surface area contributed by atoms with Gasteiger partial charge in [0, 0.05) is 11.0 Å². The van der Waals surface area contributed by atoms with E-state index >= 15 is 0 Å². The minimum atomic E-state index is -0.208. The second-order valence-electron chi connectivity index (χ2n) is 4.85. The maximum Gasteiger partial charge on any atom is 0.115 e. The Kier molecular flexibility index (Phi) is 1.86. The number of rotatable bonds is 2. The molecule has 0 unspecified atom stereocenters. The number of benzene rings is 1. The smallest absolute Gasteiger partial charge is 0.115 e. The predicted molar refractivity (Wildman–Crippen MR) is 57.3 cm³/mol. The number of hydrogen-bond acceptors (Lipinski definition) is 2. The summed E-state index contributed by atoms with van der Waals surface area (Å²) in [7, 11) is 0. The minimum absolute atomic E-state index is 0.0890. The first-order valence-corrected chi connectivity index (χ1v) is 5.04. The number of phenolic OH excluding ortho intramolecular Hbond substituents is 1. The van der Waals surface area contributed by atoms with Gasteiger partial charge in [0.2, 0.25) is 0 Å². The van der Waals surface area contributed by atoms with E-state index in [0.29, 0.717) is 5.75 Å². The zero-order chi connectivity index (χ0) is 10.4. The van der Waals surface area contributed by atoms with Crippen LogP contribution in [-0.2, 0) is 5.41 Å². The van der Waals surface area contributed by atoms with Gasteiger partial charge in [-0.1, -0.05) is 12.1 Å². The normalized spacial score (nSPS) is 19.4. The fraction of sp³-hybridized carbons (Fsp3) is 0.500. The van der Waals surface area contributed by atoms with Crippen LogP contribution in [0.3, 0.4) is 0 Å². The van der Waals surface area contributed by atoms with Crippen molar-refractivity contribution in [2.24, 2.45) is 5.73 Å². The maximum atomic E-state index is 9.43. The Bertz CT molecular complexity index is 348. The Balaban J connectivity index is 2.41. The van der Waals surface area contributed by atoms with E-state index in [1.807, 2.05) is 12.1 Å². The van der Waals surface area contributed by atoms with Gasteiger partial charge < -0.3 is 10.8 Å². The molecule has 1 aliphatic carbocycles. The number of hydrogen-bond donors (Lipinski definition) is 2. The van der Waals surface area contributed by atoms with Gasteiger partial charge in [0.1, 0.15) is 5.75 Å². The maximum absolute atomic E-state index is 9.43. The average molecular weight is 191 g/mol. The molecule has 1 aliphatic rings. The highest BCUT2D eigenvalue weighted by Gasteiger charge is 2.53. The van der Waals surface area contributed by atoms with E-state index in [-0.39, 0.29) is 11.0 Å². The van der Waals surface area contributed by atoms with Crippen molar-refractivity contribution in [2.45, 2.75) is 37.6 Å².